The van der Waals surface area contributed by atoms with E-state index < -0.39 is 22.1 Å². The van der Waals surface area contributed by atoms with E-state index in [9.17, 15) is 18.0 Å². The summed E-state index contributed by atoms with van der Waals surface area (Å²) >= 11 is 5.87. The summed E-state index contributed by atoms with van der Waals surface area (Å²) in [7, 11) is -3.55. The fourth-order valence-corrected chi connectivity index (χ4v) is 4.67. The van der Waals surface area contributed by atoms with E-state index in [0.29, 0.717) is 47.0 Å². The van der Waals surface area contributed by atoms with E-state index in [1.54, 1.807) is 47.4 Å². The third kappa shape index (κ3) is 6.32. The third-order valence-corrected chi connectivity index (χ3v) is 6.38. The van der Waals surface area contributed by atoms with Crippen LogP contribution in [0.5, 0.6) is 0 Å². The van der Waals surface area contributed by atoms with Gasteiger partial charge in [0.25, 0.3) is 0 Å². The monoisotopic (exact) mass is 512 g/mol. The number of piperidine rings is 1. The first-order valence-corrected chi connectivity index (χ1v) is 13.3. The number of halogens is 1. The zero-order valence-corrected chi connectivity index (χ0v) is 20.6. The lowest BCUT2D eigenvalue weighted by Crippen LogP contribution is -2.53. The standard InChI is InChI=1S/C25H25ClN4O4S/c1-35(33,34)29-23-16-20(13-14-21(23)17-6-3-2-4-7-17)30-15-5-8-22(24(30)31)28-25(32)27-19-11-9-18(26)10-12-19/h2-4,6-7,9-14,16,22,29H,5,8,15H2,1H3,(H2,27,28,32)/t22-/m1/s1. The summed E-state index contributed by atoms with van der Waals surface area (Å²) in [4.78, 5) is 27.3. The predicted molar refractivity (Wildman–Crippen MR) is 139 cm³/mol. The molecule has 0 spiro atoms. The first-order chi connectivity index (χ1) is 16.7. The van der Waals surface area contributed by atoms with Crippen molar-refractivity contribution in [2.24, 2.45) is 0 Å². The molecular weight excluding hydrogens is 488 g/mol. The number of anilines is 3. The van der Waals surface area contributed by atoms with Gasteiger partial charge in [-0.15, -0.1) is 0 Å². The topological polar surface area (TPSA) is 108 Å². The summed E-state index contributed by atoms with van der Waals surface area (Å²) < 4.78 is 26.6. The molecule has 3 aromatic rings. The molecule has 1 heterocycles. The van der Waals surface area contributed by atoms with E-state index in [2.05, 4.69) is 15.4 Å². The van der Waals surface area contributed by atoms with Crippen LogP contribution in [0.4, 0.5) is 21.9 Å². The van der Waals surface area contributed by atoms with Gasteiger partial charge < -0.3 is 15.5 Å². The molecule has 8 nitrogen and oxygen atoms in total. The Hall–Kier alpha value is -3.56. The zero-order chi connectivity index (χ0) is 25.0. The van der Waals surface area contributed by atoms with Crippen LogP contribution in [0.25, 0.3) is 11.1 Å². The minimum atomic E-state index is -3.55. The highest BCUT2D eigenvalue weighted by Crippen LogP contribution is 2.33. The Kier molecular flexibility index (Phi) is 7.28. The molecule has 0 bridgehead atoms. The molecule has 1 fully saturated rings. The molecule has 10 heteroatoms. The van der Waals surface area contributed by atoms with Crippen molar-refractivity contribution >= 4 is 50.6 Å². The van der Waals surface area contributed by atoms with E-state index in [1.807, 2.05) is 30.3 Å². The van der Waals surface area contributed by atoms with E-state index in [0.717, 1.165) is 11.8 Å². The number of nitrogens with one attached hydrogen (secondary N) is 3. The Morgan fingerprint density at radius 1 is 1.03 bits per heavy atom. The first-order valence-electron chi connectivity index (χ1n) is 11.0. The summed E-state index contributed by atoms with van der Waals surface area (Å²) in [5.74, 6) is -0.264. The SMILES string of the molecule is CS(=O)(=O)Nc1cc(N2CCC[C@@H](NC(=O)Nc3ccc(Cl)cc3)C2=O)ccc1-c1ccccc1. The molecule has 0 unspecified atom stereocenters. The summed E-state index contributed by atoms with van der Waals surface area (Å²) in [6.07, 6.45) is 2.26. The van der Waals surface area contributed by atoms with Crippen LogP contribution in [0.3, 0.4) is 0 Å². The van der Waals surface area contributed by atoms with Crippen LogP contribution in [0.1, 0.15) is 12.8 Å². The summed E-state index contributed by atoms with van der Waals surface area (Å²) in [6, 6.07) is 20.0. The molecule has 1 saturated heterocycles. The number of amides is 3. The van der Waals surface area contributed by atoms with Crippen LogP contribution in [0.2, 0.25) is 5.02 Å². The van der Waals surface area contributed by atoms with Gasteiger partial charge >= 0.3 is 6.03 Å². The number of benzene rings is 3. The average molecular weight is 513 g/mol. The Morgan fingerprint density at radius 2 is 1.74 bits per heavy atom. The second-order valence-electron chi connectivity index (χ2n) is 8.26. The van der Waals surface area contributed by atoms with Gasteiger partial charge in [0.05, 0.1) is 11.9 Å². The normalized spacial score (nSPS) is 16.0. The molecule has 182 valence electrons. The number of hydrogen-bond donors (Lipinski definition) is 3. The molecule has 0 radical (unpaired) electrons. The van der Waals surface area contributed by atoms with E-state index in [1.165, 1.54) is 0 Å². The minimum absolute atomic E-state index is 0.264. The van der Waals surface area contributed by atoms with Crippen LogP contribution >= 0.6 is 11.6 Å². The van der Waals surface area contributed by atoms with Crippen molar-refractivity contribution in [3.63, 3.8) is 0 Å². The quantitative estimate of drug-likeness (QED) is 0.445. The molecule has 1 atom stereocenters. The Balaban J connectivity index is 1.54. The third-order valence-electron chi connectivity index (χ3n) is 5.54. The van der Waals surface area contributed by atoms with Gasteiger partial charge in [-0.2, -0.15) is 0 Å². The van der Waals surface area contributed by atoms with Gasteiger partial charge in [-0.05, 0) is 54.8 Å². The molecule has 35 heavy (non-hydrogen) atoms. The molecule has 3 N–H and O–H groups in total. The summed E-state index contributed by atoms with van der Waals surface area (Å²) in [5.41, 5.74) is 3.01. The molecule has 4 rings (SSSR count). The lowest BCUT2D eigenvalue weighted by molar-refractivity contribution is -0.121. The highest BCUT2D eigenvalue weighted by Gasteiger charge is 2.31. The van der Waals surface area contributed by atoms with Crippen molar-refractivity contribution in [3.8, 4) is 11.1 Å². The van der Waals surface area contributed by atoms with Crippen LogP contribution in [-0.2, 0) is 14.8 Å². The predicted octanol–water partition coefficient (Wildman–Crippen LogP) is 4.70. The van der Waals surface area contributed by atoms with E-state index in [4.69, 9.17) is 11.6 Å². The summed E-state index contributed by atoms with van der Waals surface area (Å²) in [6.45, 7) is 0.457. The molecule has 3 amide bonds. The number of hydrogen-bond acceptors (Lipinski definition) is 4. The van der Waals surface area contributed by atoms with Gasteiger partial charge in [0.15, 0.2) is 0 Å². The van der Waals surface area contributed by atoms with Crippen molar-refractivity contribution in [2.45, 2.75) is 18.9 Å². The van der Waals surface area contributed by atoms with Crippen molar-refractivity contribution < 1.29 is 18.0 Å². The highest BCUT2D eigenvalue weighted by molar-refractivity contribution is 7.92. The highest BCUT2D eigenvalue weighted by atomic mass is 35.5. The summed E-state index contributed by atoms with van der Waals surface area (Å²) in [5, 5.41) is 5.98. The average Bonchev–Trinajstić information content (AvgIpc) is 2.81. The molecule has 1 aliphatic heterocycles. The van der Waals surface area contributed by atoms with Gasteiger partial charge in [-0.3, -0.25) is 9.52 Å². The van der Waals surface area contributed by atoms with Gasteiger partial charge in [0, 0.05) is 28.5 Å². The van der Waals surface area contributed by atoms with Gasteiger partial charge in [0.1, 0.15) is 6.04 Å². The fourth-order valence-electron chi connectivity index (χ4n) is 3.98. The largest absolute Gasteiger partial charge is 0.326 e. The Labute approximate surface area is 209 Å². The number of nitrogens with zero attached hydrogens (tertiary/aromatic N) is 1. The van der Waals surface area contributed by atoms with Crippen molar-refractivity contribution in [2.75, 3.05) is 27.7 Å². The number of carbonyl (C=O) groups is 2. The van der Waals surface area contributed by atoms with Crippen molar-refractivity contribution in [3.05, 3.63) is 77.8 Å². The molecule has 0 aliphatic carbocycles. The van der Waals surface area contributed by atoms with Gasteiger partial charge in [-0.1, -0.05) is 48.0 Å². The molecule has 0 saturated carbocycles. The second kappa shape index (κ2) is 10.4. The fraction of sp³-hybridized carbons (Fsp3) is 0.200. The number of sulfonamides is 1. The van der Waals surface area contributed by atoms with Crippen LogP contribution in [0, 0.1) is 0 Å². The maximum absolute atomic E-state index is 13.2. The second-order valence-corrected chi connectivity index (χ2v) is 10.4. The smallest absolute Gasteiger partial charge is 0.319 e. The number of carbonyl (C=O) groups excluding carboxylic acids is 2. The van der Waals surface area contributed by atoms with Crippen LogP contribution in [-0.4, -0.2) is 39.2 Å². The number of urea groups is 1. The van der Waals surface area contributed by atoms with Crippen molar-refractivity contribution in [1.29, 1.82) is 0 Å². The Morgan fingerprint density at radius 3 is 2.43 bits per heavy atom. The first kappa shape index (κ1) is 24.6. The zero-order valence-electron chi connectivity index (χ0n) is 19.0. The van der Waals surface area contributed by atoms with E-state index in [-0.39, 0.29) is 5.91 Å². The lowest BCUT2D eigenvalue weighted by atomic mass is 10.0. The lowest BCUT2D eigenvalue weighted by Gasteiger charge is -2.33. The minimum Gasteiger partial charge on any atom is -0.326 e. The van der Waals surface area contributed by atoms with Crippen molar-refractivity contribution in [1.82, 2.24) is 5.32 Å². The maximum Gasteiger partial charge on any atom is 0.319 e. The van der Waals surface area contributed by atoms with Gasteiger partial charge in [0.2, 0.25) is 15.9 Å². The molecule has 1 aliphatic rings. The van der Waals surface area contributed by atoms with Gasteiger partial charge in [-0.25, -0.2) is 13.2 Å². The Bertz CT molecular complexity index is 1330. The maximum atomic E-state index is 13.2. The number of rotatable bonds is 6. The molecule has 3 aromatic carbocycles. The van der Waals surface area contributed by atoms with Crippen LogP contribution in [0.15, 0.2) is 72.8 Å². The van der Waals surface area contributed by atoms with Crippen LogP contribution < -0.4 is 20.3 Å². The molecular formula is C25H25ClN4O4S. The molecule has 0 aromatic heterocycles. The van der Waals surface area contributed by atoms with E-state index >= 15 is 0 Å².